The number of hydrogen-bond donors (Lipinski definition) is 4. The molecule has 0 atom stereocenters. The highest BCUT2D eigenvalue weighted by Gasteiger charge is 2.23. The number of nitrogens with zero attached hydrogens (tertiary/aromatic N) is 3. The van der Waals surface area contributed by atoms with Crippen molar-refractivity contribution < 1.29 is 47.9 Å². The molecule has 5 N–H and O–H groups in total. The molecule has 0 radical (unpaired) electrons. The van der Waals surface area contributed by atoms with Crippen molar-refractivity contribution in [2.24, 2.45) is 0 Å². The van der Waals surface area contributed by atoms with Crippen LogP contribution in [-0.2, 0) is 41.8 Å². The Bertz CT molecular complexity index is 2290. The summed E-state index contributed by atoms with van der Waals surface area (Å²) in [6, 6.07) is 31.9. The number of ether oxygens (including phenoxy) is 6. The number of H-pyrrole nitrogens is 1. The number of carboxylic acid groups (broad SMARTS) is 1. The molecule has 62 heavy (non-hydrogen) atoms. The van der Waals surface area contributed by atoms with Crippen LogP contribution in [0.3, 0.4) is 0 Å². The highest BCUT2D eigenvalue weighted by atomic mass is 31.1. The predicted molar refractivity (Wildman–Crippen MR) is 234 cm³/mol. The van der Waals surface area contributed by atoms with Gasteiger partial charge in [-0.3, -0.25) is 9.59 Å². The average molecular weight is 865 g/mol. The Morgan fingerprint density at radius 1 is 0.710 bits per heavy atom. The van der Waals surface area contributed by atoms with Crippen LogP contribution in [-0.4, -0.2) is 95.7 Å². The quantitative estimate of drug-likeness (QED) is 0.0257. The lowest BCUT2D eigenvalue weighted by Crippen LogP contribution is -2.27. The number of anilines is 1. The minimum Gasteiger partial charge on any atom is -0.478 e. The molecule has 6 aromatic rings. The summed E-state index contributed by atoms with van der Waals surface area (Å²) in [6.45, 7) is 3.86. The molecule has 0 saturated heterocycles. The lowest BCUT2D eigenvalue weighted by molar-refractivity contribution is -0.134. The Balaban J connectivity index is 0.774. The molecule has 2 aromatic heterocycles. The molecular weight excluding hydrogens is 816 g/mol. The van der Waals surface area contributed by atoms with E-state index in [4.69, 9.17) is 34.2 Å². The van der Waals surface area contributed by atoms with E-state index in [9.17, 15) is 19.5 Å². The van der Waals surface area contributed by atoms with Gasteiger partial charge in [0.2, 0.25) is 17.7 Å². The molecule has 6 rings (SSSR count). The first-order valence-corrected chi connectivity index (χ1v) is 21.4. The van der Waals surface area contributed by atoms with E-state index in [0.717, 1.165) is 21.7 Å². The van der Waals surface area contributed by atoms with Crippen LogP contribution in [0.1, 0.15) is 40.7 Å². The molecule has 1 amide bonds. The van der Waals surface area contributed by atoms with Gasteiger partial charge in [0, 0.05) is 24.7 Å². The molecule has 0 saturated carbocycles. The van der Waals surface area contributed by atoms with E-state index >= 15 is 0 Å². The molecule has 4 aromatic carbocycles. The Morgan fingerprint density at radius 2 is 1.32 bits per heavy atom. The zero-order valence-corrected chi connectivity index (χ0v) is 35.0. The van der Waals surface area contributed by atoms with Gasteiger partial charge in [-0.15, -0.1) is 0 Å². The maximum Gasteiger partial charge on any atom is 0.335 e. The van der Waals surface area contributed by atoms with Gasteiger partial charge in [0.25, 0.3) is 0 Å². The number of esters is 1. The van der Waals surface area contributed by atoms with E-state index in [2.05, 4.69) is 25.3 Å². The molecule has 0 unspecified atom stereocenters. The average Bonchev–Trinajstić information content (AvgIpc) is 3.76. The Hall–Kier alpha value is -6.29. The van der Waals surface area contributed by atoms with E-state index in [-0.39, 0.29) is 36.7 Å². The number of fused-ring (bicyclic) bond motifs is 1. The van der Waals surface area contributed by atoms with Gasteiger partial charge in [0.15, 0.2) is 5.65 Å². The van der Waals surface area contributed by atoms with Crippen LogP contribution in [0, 0.1) is 0 Å². The molecule has 0 aliphatic heterocycles. The molecule has 17 heteroatoms. The fourth-order valence-corrected chi connectivity index (χ4v) is 8.47. The second kappa shape index (κ2) is 24.2. The van der Waals surface area contributed by atoms with Crippen LogP contribution in [0.25, 0.3) is 11.2 Å². The number of carboxylic acids is 1. The molecule has 0 aliphatic rings. The first-order valence-electron chi connectivity index (χ1n) is 20.1. The van der Waals surface area contributed by atoms with Crippen LogP contribution < -0.4 is 36.4 Å². The van der Waals surface area contributed by atoms with Crippen molar-refractivity contribution in [1.82, 2.24) is 25.3 Å². The van der Waals surface area contributed by atoms with Crippen LogP contribution in [0.5, 0.6) is 11.6 Å². The monoisotopic (exact) mass is 864 g/mol. The fourth-order valence-electron chi connectivity index (χ4n) is 6.07. The van der Waals surface area contributed by atoms with Crippen LogP contribution in [0.4, 0.5) is 5.95 Å². The van der Waals surface area contributed by atoms with Gasteiger partial charge in [-0.1, -0.05) is 84.9 Å². The van der Waals surface area contributed by atoms with Crippen molar-refractivity contribution in [1.29, 1.82) is 0 Å². The number of rotatable bonds is 26. The second-order valence-electron chi connectivity index (χ2n) is 13.7. The summed E-state index contributed by atoms with van der Waals surface area (Å²) in [5.74, 6) is -1.04. The minimum atomic E-state index is -1.24. The van der Waals surface area contributed by atoms with Crippen LogP contribution in [0.2, 0.25) is 0 Å². The third kappa shape index (κ3) is 14.1. The summed E-state index contributed by atoms with van der Waals surface area (Å²) in [5, 5.41) is 15.1. The van der Waals surface area contributed by atoms with E-state index < -0.39 is 19.9 Å². The van der Waals surface area contributed by atoms with Crippen molar-refractivity contribution in [3.63, 3.8) is 0 Å². The summed E-state index contributed by atoms with van der Waals surface area (Å²) in [5.41, 5.74) is 8.87. The molecule has 0 fully saturated rings. The molecule has 16 nitrogen and oxygen atoms in total. The highest BCUT2D eigenvalue weighted by molar-refractivity contribution is 7.80. The largest absolute Gasteiger partial charge is 0.478 e. The van der Waals surface area contributed by atoms with Crippen molar-refractivity contribution in [3.8, 4) is 11.6 Å². The second-order valence-corrected chi connectivity index (χ2v) is 15.8. The highest BCUT2D eigenvalue weighted by Crippen LogP contribution is 2.37. The number of amides is 1. The minimum absolute atomic E-state index is 0.0132. The lowest BCUT2D eigenvalue weighted by atomic mass is 10.1. The third-order valence-electron chi connectivity index (χ3n) is 9.11. The number of aromatic amines is 1. The predicted octanol–water partition coefficient (Wildman–Crippen LogP) is 4.43. The van der Waals surface area contributed by atoms with Gasteiger partial charge in [-0.25, -0.2) is 9.78 Å². The van der Waals surface area contributed by atoms with Gasteiger partial charge in [-0.05, 0) is 54.3 Å². The Morgan fingerprint density at radius 3 is 1.97 bits per heavy atom. The maximum absolute atomic E-state index is 13.0. The van der Waals surface area contributed by atoms with E-state index in [1.807, 2.05) is 84.9 Å². The molecule has 0 aliphatic carbocycles. The first kappa shape index (κ1) is 45.2. The van der Waals surface area contributed by atoms with Gasteiger partial charge in [-0.2, -0.15) is 9.97 Å². The lowest BCUT2D eigenvalue weighted by Gasteiger charge is -2.22. The molecule has 0 spiro atoms. The van der Waals surface area contributed by atoms with E-state index in [1.165, 1.54) is 18.5 Å². The third-order valence-corrected chi connectivity index (χ3v) is 11.6. The van der Waals surface area contributed by atoms with Crippen molar-refractivity contribution in [3.05, 3.63) is 126 Å². The molecule has 324 valence electrons. The molecule has 2 heterocycles. The number of nitrogens with one attached hydrogen (secondary N) is 2. The first-order chi connectivity index (χ1) is 30.3. The summed E-state index contributed by atoms with van der Waals surface area (Å²) in [6.07, 6.45) is 1.95. The smallest absolute Gasteiger partial charge is 0.335 e. The Labute approximate surface area is 359 Å². The van der Waals surface area contributed by atoms with Crippen molar-refractivity contribution in [2.45, 2.75) is 32.5 Å². The number of nitrogens with two attached hydrogens (primary N) is 1. The van der Waals surface area contributed by atoms with Crippen LogP contribution in [0.15, 0.2) is 109 Å². The summed E-state index contributed by atoms with van der Waals surface area (Å²) >= 11 is 0. The van der Waals surface area contributed by atoms with Gasteiger partial charge in [0.1, 0.15) is 17.9 Å². The number of nitrogen functional groups attached to an aromatic ring is 1. The SMILES string of the molecule is Nc1nc(OCc2ccc(COCCOCCOCCOCCNC(=O)CCCC(=O)Oc3ccc(C(=O)O)cc3P(c3ccccc3)c3ccccc3)cc2)c2[nH]cnc2n1. The topological polar surface area (TPSA) is 219 Å². The molecule has 0 bridgehead atoms. The number of hydrogen-bond acceptors (Lipinski definition) is 13. The number of imidazole rings is 1. The summed E-state index contributed by atoms with van der Waals surface area (Å²) in [7, 11) is -1.24. The fraction of sp³-hybridized carbons (Fsp3) is 0.289. The number of benzene rings is 4. The van der Waals surface area contributed by atoms with Gasteiger partial charge < -0.3 is 49.6 Å². The number of aromatic nitrogens is 4. The van der Waals surface area contributed by atoms with E-state index in [1.54, 1.807) is 6.07 Å². The zero-order chi connectivity index (χ0) is 43.4. The standard InChI is InChI=1S/C45H49N6O10P/c46-45-50-42-41(48-31-49-42)43(51-45)60-30-33-16-14-32(15-17-33)29-59-27-26-58-25-24-57-23-22-56-21-20-47-39(52)12-7-13-40(53)61-37-19-18-34(44(54)55)28-38(37)62(35-8-3-1-4-9-35)36-10-5-2-6-11-36/h1-6,8-11,14-19,28,31H,7,12-13,20-27,29-30H2,(H,47,52)(H,54,55)(H3,46,48,49,50,51). The molecular formula is C45H49N6O10P. The van der Waals surface area contributed by atoms with E-state index in [0.29, 0.717) is 94.1 Å². The van der Waals surface area contributed by atoms with Gasteiger partial charge in [0.05, 0.1) is 64.7 Å². The number of carbonyl (C=O) groups excluding carboxylic acids is 2. The van der Waals surface area contributed by atoms with Crippen LogP contribution >= 0.6 is 7.92 Å². The van der Waals surface area contributed by atoms with Crippen molar-refractivity contribution >= 4 is 58.8 Å². The Kier molecular flexibility index (Phi) is 17.7. The maximum atomic E-state index is 13.0. The number of aromatic carboxylic acids is 1. The van der Waals surface area contributed by atoms with Gasteiger partial charge >= 0.3 is 11.9 Å². The number of carbonyl (C=O) groups is 3. The normalized spacial score (nSPS) is 11.2. The zero-order valence-electron chi connectivity index (χ0n) is 34.1. The summed E-state index contributed by atoms with van der Waals surface area (Å²) in [4.78, 5) is 52.5. The summed E-state index contributed by atoms with van der Waals surface area (Å²) < 4.78 is 34.0. The van der Waals surface area contributed by atoms with Crippen molar-refractivity contribution in [2.75, 3.05) is 58.5 Å².